The zero-order chi connectivity index (χ0) is 23.7. The number of likely N-dealkylation sites (tertiary alicyclic amines) is 2. The molecule has 11 heteroatoms. The van der Waals surface area contributed by atoms with Crippen molar-refractivity contribution >= 4 is 29.1 Å². The van der Waals surface area contributed by atoms with Crippen LogP contribution >= 0.6 is 11.3 Å². The second kappa shape index (κ2) is 9.38. The third-order valence-corrected chi connectivity index (χ3v) is 7.48. The lowest BCUT2D eigenvalue weighted by atomic mass is 9.75. The quantitative estimate of drug-likeness (QED) is 0.702. The Morgan fingerprint density at radius 3 is 2.38 bits per heavy atom. The number of aliphatic carboxylic acids is 1. The van der Waals surface area contributed by atoms with E-state index in [2.05, 4.69) is 17.1 Å². The number of thiophene rings is 1. The Balaban J connectivity index is 0.000000360. The van der Waals surface area contributed by atoms with Crippen LogP contribution in [0.25, 0.3) is 0 Å². The summed E-state index contributed by atoms with van der Waals surface area (Å²) in [6.07, 6.45) is -2.18. The lowest BCUT2D eigenvalue weighted by Gasteiger charge is -2.42. The van der Waals surface area contributed by atoms with Crippen molar-refractivity contribution in [3.63, 3.8) is 0 Å². The van der Waals surface area contributed by atoms with E-state index in [1.54, 1.807) is 11.3 Å². The van der Waals surface area contributed by atoms with Crippen molar-refractivity contribution in [2.24, 2.45) is 11.8 Å². The summed E-state index contributed by atoms with van der Waals surface area (Å²) in [5.74, 6) is -1.82. The molecule has 1 aromatic heterocycles. The molecule has 0 radical (unpaired) electrons. The molecule has 3 aliphatic rings. The standard InChI is InChI=1S/C19H27N3O2S.C2HF3O2/c1-3-8-21-11-14-15(12-21)19(20-17(14)23)6-9-22(10-7-19)18(24)16-5-4-13(2)25-16;3-2(4,5)1(6)7/h4-5,14-15H,3,6-12H2,1-2H3,(H,20,23);(H,6,7)/t14-,15+;/m1./s1. The van der Waals surface area contributed by atoms with Gasteiger partial charge in [0, 0.05) is 42.5 Å². The number of piperidine rings is 1. The number of alkyl halides is 3. The molecule has 2 atom stereocenters. The summed E-state index contributed by atoms with van der Waals surface area (Å²) in [6.45, 7) is 8.72. The van der Waals surface area contributed by atoms with Crippen molar-refractivity contribution in [3.05, 3.63) is 21.9 Å². The molecule has 0 unspecified atom stereocenters. The summed E-state index contributed by atoms with van der Waals surface area (Å²) in [4.78, 5) is 40.5. The highest BCUT2D eigenvalue weighted by molar-refractivity contribution is 7.13. The molecule has 4 heterocycles. The third-order valence-electron chi connectivity index (χ3n) is 6.49. The number of carboxylic acids is 1. The fourth-order valence-corrected chi connectivity index (χ4v) is 5.79. The first-order chi connectivity index (χ1) is 15.0. The van der Waals surface area contributed by atoms with Crippen molar-refractivity contribution in [2.75, 3.05) is 32.7 Å². The number of carbonyl (C=O) groups excluding carboxylic acids is 2. The van der Waals surface area contributed by atoms with E-state index in [0.717, 1.165) is 56.9 Å². The molecule has 0 aromatic carbocycles. The van der Waals surface area contributed by atoms with E-state index >= 15 is 0 Å². The molecule has 0 saturated carbocycles. The van der Waals surface area contributed by atoms with E-state index in [1.807, 2.05) is 24.0 Å². The van der Waals surface area contributed by atoms with Crippen molar-refractivity contribution in [2.45, 2.75) is 44.8 Å². The van der Waals surface area contributed by atoms with Crippen LogP contribution in [0.2, 0.25) is 0 Å². The van der Waals surface area contributed by atoms with Crippen molar-refractivity contribution < 1.29 is 32.7 Å². The highest BCUT2D eigenvalue weighted by Gasteiger charge is 2.57. The number of hydrogen-bond acceptors (Lipinski definition) is 5. The normalized spacial score (nSPS) is 24.7. The largest absolute Gasteiger partial charge is 0.490 e. The number of carboxylic acid groups (broad SMARTS) is 1. The molecule has 7 nitrogen and oxygen atoms in total. The first-order valence-corrected chi connectivity index (χ1v) is 11.5. The molecule has 1 aromatic rings. The number of hydrogen-bond donors (Lipinski definition) is 2. The van der Waals surface area contributed by atoms with Gasteiger partial charge < -0.3 is 20.2 Å². The maximum Gasteiger partial charge on any atom is 0.490 e. The van der Waals surface area contributed by atoms with Crippen LogP contribution in [0.5, 0.6) is 0 Å². The van der Waals surface area contributed by atoms with Gasteiger partial charge in [-0.25, -0.2) is 4.79 Å². The predicted octanol–water partition coefficient (Wildman–Crippen LogP) is 2.75. The van der Waals surface area contributed by atoms with E-state index in [9.17, 15) is 22.8 Å². The number of nitrogens with zero attached hydrogens (tertiary/aromatic N) is 2. The van der Waals surface area contributed by atoms with Gasteiger partial charge >= 0.3 is 12.1 Å². The monoisotopic (exact) mass is 475 g/mol. The number of amides is 2. The van der Waals surface area contributed by atoms with Gasteiger partial charge in [0.05, 0.1) is 10.8 Å². The summed E-state index contributed by atoms with van der Waals surface area (Å²) in [7, 11) is 0. The summed E-state index contributed by atoms with van der Waals surface area (Å²) in [5, 5.41) is 10.5. The van der Waals surface area contributed by atoms with Crippen molar-refractivity contribution in [1.82, 2.24) is 15.1 Å². The number of nitrogens with one attached hydrogen (secondary N) is 1. The smallest absolute Gasteiger partial charge is 0.475 e. The molecule has 178 valence electrons. The maximum atomic E-state index is 12.7. The average Bonchev–Trinajstić information content (AvgIpc) is 3.40. The van der Waals surface area contributed by atoms with E-state index in [4.69, 9.17) is 9.90 Å². The van der Waals surface area contributed by atoms with Gasteiger partial charge in [-0.05, 0) is 44.9 Å². The fourth-order valence-electron chi connectivity index (χ4n) is 4.95. The van der Waals surface area contributed by atoms with Crippen LogP contribution in [-0.4, -0.2) is 77.1 Å². The number of rotatable bonds is 3. The van der Waals surface area contributed by atoms with Crippen LogP contribution in [0, 0.1) is 18.8 Å². The van der Waals surface area contributed by atoms with Gasteiger partial charge in [-0.3, -0.25) is 9.59 Å². The molecule has 1 spiro atoms. The molecule has 0 bridgehead atoms. The first-order valence-electron chi connectivity index (χ1n) is 10.7. The average molecular weight is 476 g/mol. The lowest BCUT2D eigenvalue weighted by Crippen LogP contribution is -2.56. The van der Waals surface area contributed by atoms with Crippen LogP contribution in [0.4, 0.5) is 13.2 Å². The number of halogens is 3. The molecule has 2 N–H and O–H groups in total. The van der Waals surface area contributed by atoms with Crippen LogP contribution in [0.15, 0.2) is 12.1 Å². The number of aryl methyl sites for hydroxylation is 1. The van der Waals surface area contributed by atoms with Crippen LogP contribution in [0.1, 0.15) is 40.7 Å². The molecule has 3 fully saturated rings. The van der Waals surface area contributed by atoms with Crippen molar-refractivity contribution in [1.29, 1.82) is 0 Å². The Hall–Kier alpha value is -2.14. The van der Waals surface area contributed by atoms with E-state index in [1.165, 1.54) is 4.88 Å². The Labute approximate surface area is 188 Å². The minimum absolute atomic E-state index is 0.0909. The maximum absolute atomic E-state index is 12.7. The van der Waals surface area contributed by atoms with Crippen LogP contribution in [0.3, 0.4) is 0 Å². The molecular formula is C21H28F3N3O4S. The van der Waals surface area contributed by atoms with E-state index in [-0.39, 0.29) is 23.3 Å². The Morgan fingerprint density at radius 1 is 1.25 bits per heavy atom. The second-order valence-corrected chi connectivity index (χ2v) is 9.91. The van der Waals surface area contributed by atoms with Gasteiger partial charge in [-0.15, -0.1) is 11.3 Å². The van der Waals surface area contributed by atoms with Gasteiger partial charge in [0.15, 0.2) is 0 Å². The molecular weight excluding hydrogens is 447 g/mol. The lowest BCUT2D eigenvalue weighted by molar-refractivity contribution is -0.192. The first kappa shape index (κ1) is 24.5. The van der Waals surface area contributed by atoms with Gasteiger partial charge in [0.25, 0.3) is 5.91 Å². The minimum atomic E-state index is -5.08. The van der Waals surface area contributed by atoms with E-state index in [0.29, 0.717) is 5.92 Å². The SMILES string of the molecule is CCCN1C[C@H]2C(=O)NC3(CCN(C(=O)c4ccc(C)s4)CC3)[C@H]2C1.O=C(O)C(F)(F)F. The molecule has 4 rings (SSSR count). The summed E-state index contributed by atoms with van der Waals surface area (Å²) in [5.41, 5.74) is -0.0909. The van der Waals surface area contributed by atoms with Crippen LogP contribution < -0.4 is 5.32 Å². The second-order valence-electron chi connectivity index (χ2n) is 8.62. The minimum Gasteiger partial charge on any atom is -0.475 e. The van der Waals surface area contributed by atoms with Gasteiger partial charge in [-0.1, -0.05) is 6.92 Å². The number of carbonyl (C=O) groups is 3. The molecule has 3 saturated heterocycles. The Kier molecular flexibility index (Phi) is 7.18. The Morgan fingerprint density at radius 2 is 1.88 bits per heavy atom. The predicted molar refractivity (Wildman–Crippen MR) is 112 cm³/mol. The zero-order valence-electron chi connectivity index (χ0n) is 18.1. The van der Waals surface area contributed by atoms with E-state index < -0.39 is 12.1 Å². The van der Waals surface area contributed by atoms with Gasteiger partial charge in [0.2, 0.25) is 5.91 Å². The fraction of sp³-hybridized carbons (Fsp3) is 0.667. The summed E-state index contributed by atoms with van der Waals surface area (Å²) in [6, 6.07) is 3.94. The third kappa shape index (κ3) is 5.09. The molecule has 3 aliphatic heterocycles. The van der Waals surface area contributed by atoms with Gasteiger partial charge in [-0.2, -0.15) is 13.2 Å². The highest BCUT2D eigenvalue weighted by Crippen LogP contribution is 2.44. The van der Waals surface area contributed by atoms with Gasteiger partial charge in [0.1, 0.15) is 0 Å². The summed E-state index contributed by atoms with van der Waals surface area (Å²) < 4.78 is 31.7. The molecule has 0 aliphatic carbocycles. The summed E-state index contributed by atoms with van der Waals surface area (Å²) >= 11 is 1.57. The molecule has 2 amide bonds. The van der Waals surface area contributed by atoms with Crippen LogP contribution in [-0.2, 0) is 9.59 Å². The Bertz CT molecular complexity index is 865. The highest BCUT2D eigenvalue weighted by atomic mass is 32.1. The zero-order valence-corrected chi connectivity index (χ0v) is 18.9. The topological polar surface area (TPSA) is 90.0 Å². The molecule has 32 heavy (non-hydrogen) atoms. The number of fused-ring (bicyclic) bond motifs is 2. The van der Waals surface area contributed by atoms with Crippen molar-refractivity contribution in [3.8, 4) is 0 Å².